The Morgan fingerprint density at radius 1 is 1.04 bits per heavy atom. The number of nitrogens with zero attached hydrogens (tertiary/aromatic N) is 1. The molecule has 1 N–H and O–H groups in total. The van der Waals surface area contributed by atoms with E-state index in [-0.39, 0.29) is 18.4 Å². The zero-order chi connectivity index (χ0) is 17.9. The number of hydrogen-bond acceptors (Lipinski definition) is 4. The van der Waals surface area contributed by atoms with Gasteiger partial charge in [0.15, 0.2) is 5.76 Å². The van der Waals surface area contributed by atoms with Crippen molar-refractivity contribution >= 4 is 16.9 Å². The molecule has 2 aromatic carbocycles. The first-order valence-corrected chi connectivity index (χ1v) is 8.48. The van der Waals surface area contributed by atoms with E-state index < -0.39 is 0 Å². The van der Waals surface area contributed by atoms with E-state index in [1.54, 1.807) is 6.07 Å². The molecule has 130 valence electrons. The van der Waals surface area contributed by atoms with E-state index >= 15 is 0 Å². The van der Waals surface area contributed by atoms with Crippen molar-refractivity contribution in [1.82, 2.24) is 10.5 Å². The lowest BCUT2D eigenvalue weighted by Gasteiger charge is -2.13. The molecular formula is C21H18N2O3. The van der Waals surface area contributed by atoms with E-state index in [1.807, 2.05) is 67.6 Å². The Morgan fingerprint density at radius 2 is 1.81 bits per heavy atom. The smallest absolute Gasteiger partial charge is 0.226 e. The molecule has 5 heteroatoms. The van der Waals surface area contributed by atoms with Crippen LogP contribution in [0.5, 0.6) is 0 Å². The summed E-state index contributed by atoms with van der Waals surface area (Å²) in [5, 5.41) is 7.95. The maximum Gasteiger partial charge on any atom is 0.226 e. The Kier molecular flexibility index (Phi) is 4.27. The number of para-hydroxylation sites is 1. The topological polar surface area (TPSA) is 68.3 Å². The highest BCUT2D eigenvalue weighted by molar-refractivity contribution is 5.82. The first-order valence-electron chi connectivity index (χ1n) is 8.48. The maximum atomic E-state index is 12.3. The predicted molar refractivity (Wildman–Crippen MR) is 98.4 cm³/mol. The van der Waals surface area contributed by atoms with Crippen molar-refractivity contribution in [2.45, 2.75) is 19.4 Å². The third-order valence-electron chi connectivity index (χ3n) is 4.25. The zero-order valence-corrected chi connectivity index (χ0v) is 14.3. The minimum absolute atomic E-state index is 0.0644. The molecule has 5 nitrogen and oxygen atoms in total. The standard InChI is InChI=1S/C21H18N2O3/c1-14(15-7-3-2-4-8-15)22-21(24)13-17-12-20(26-23-17)19-11-16-9-5-6-10-18(16)25-19/h2-12,14H,13H2,1H3,(H,22,24). The molecule has 1 atom stereocenters. The van der Waals surface area contributed by atoms with Crippen LogP contribution in [-0.4, -0.2) is 11.1 Å². The molecule has 0 fully saturated rings. The largest absolute Gasteiger partial charge is 0.453 e. The van der Waals surface area contributed by atoms with E-state index in [0.717, 1.165) is 16.5 Å². The third kappa shape index (κ3) is 3.37. The van der Waals surface area contributed by atoms with Gasteiger partial charge in [-0.25, -0.2) is 0 Å². The summed E-state index contributed by atoms with van der Waals surface area (Å²) in [6.45, 7) is 1.95. The van der Waals surface area contributed by atoms with Gasteiger partial charge in [-0.1, -0.05) is 53.7 Å². The van der Waals surface area contributed by atoms with Crippen LogP contribution < -0.4 is 5.32 Å². The van der Waals surface area contributed by atoms with Gasteiger partial charge >= 0.3 is 0 Å². The van der Waals surface area contributed by atoms with Crippen LogP contribution in [0.3, 0.4) is 0 Å². The summed E-state index contributed by atoms with van der Waals surface area (Å²) in [6.07, 6.45) is 0.154. The number of fused-ring (bicyclic) bond motifs is 1. The molecule has 2 aromatic heterocycles. The van der Waals surface area contributed by atoms with Gasteiger partial charge in [0.05, 0.1) is 18.2 Å². The summed E-state index contributed by atoms with van der Waals surface area (Å²) in [5.41, 5.74) is 2.41. The molecule has 26 heavy (non-hydrogen) atoms. The maximum absolute atomic E-state index is 12.3. The molecule has 0 radical (unpaired) electrons. The summed E-state index contributed by atoms with van der Waals surface area (Å²) in [6, 6.07) is 21.1. The van der Waals surface area contributed by atoms with Crippen LogP contribution in [0.15, 0.2) is 75.7 Å². The zero-order valence-electron chi connectivity index (χ0n) is 14.3. The Balaban J connectivity index is 1.44. The second-order valence-electron chi connectivity index (χ2n) is 6.21. The number of furan rings is 1. The van der Waals surface area contributed by atoms with Gasteiger partial charge in [0.2, 0.25) is 11.7 Å². The van der Waals surface area contributed by atoms with E-state index in [1.165, 1.54) is 0 Å². The fourth-order valence-electron chi connectivity index (χ4n) is 2.90. The number of carbonyl (C=O) groups excluding carboxylic acids is 1. The molecule has 1 unspecified atom stereocenters. The molecule has 4 aromatic rings. The van der Waals surface area contributed by atoms with Gasteiger partial charge in [-0.3, -0.25) is 4.79 Å². The van der Waals surface area contributed by atoms with Crippen LogP contribution in [0.2, 0.25) is 0 Å². The number of nitrogens with one attached hydrogen (secondary N) is 1. The SMILES string of the molecule is CC(NC(=O)Cc1cc(-c2cc3ccccc3o2)on1)c1ccccc1. The number of aromatic nitrogens is 1. The van der Waals surface area contributed by atoms with Gasteiger partial charge < -0.3 is 14.3 Å². The Bertz CT molecular complexity index is 1000. The highest BCUT2D eigenvalue weighted by Gasteiger charge is 2.15. The molecule has 0 saturated heterocycles. The Labute approximate surface area is 150 Å². The van der Waals surface area contributed by atoms with Crippen LogP contribution in [0, 0.1) is 0 Å². The van der Waals surface area contributed by atoms with Gasteiger partial charge in [-0.2, -0.15) is 0 Å². The first kappa shape index (κ1) is 16.1. The summed E-state index contributed by atoms with van der Waals surface area (Å²) >= 11 is 0. The molecule has 0 bridgehead atoms. The van der Waals surface area contributed by atoms with Crippen LogP contribution >= 0.6 is 0 Å². The summed E-state index contributed by atoms with van der Waals surface area (Å²) in [4.78, 5) is 12.3. The van der Waals surface area contributed by atoms with Gasteiger partial charge in [-0.15, -0.1) is 0 Å². The molecule has 1 amide bonds. The number of carbonyl (C=O) groups is 1. The molecule has 0 aliphatic rings. The quantitative estimate of drug-likeness (QED) is 0.577. The monoisotopic (exact) mass is 346 g/mol. The average Bonchev–Trinajstić information content (AvgIpc) is 3.28. The van der Waals surface area contributed by atoms with Crippen LogP contribution in [0.1, 0.15) is 24.2 Å². The van der Waals surface area contributed by atoms with Crippen molar-refractivity contribution in [2.24, 2.45) is 0 Å². The molecule has 2 heterocycles. The average molecular weight is 346 g/mol. The van der Waals surface area contributed by atoms with Crippen LogP contribution in [-0.2, 0) is 11.2 Å². The van der Waals surface area contributed by atoms with Crippen LogP contribution in [0.25, 0.3) is 22.5 Å². The third-order valence-corrected chi connectivity index (χ3v) is 4.25. The Hall–Kier alpha value is -3.34. The van der Waals surface area contributed by atoms with Crippen molar-refractivity contribution in [3.8, 4) is 11.5 Å². The fraction of sp³-hybridized carbons (Fsp3) is 0.143. The Morgan fingerprint density at radius 3 is 2.62 bits per heavy atom. The molecular weight excluding hydrogens is 328 g/mol. The summed E-state index contributed by atoms with van der Waals surface area (Å²) in [5.74, 6) is 1.01. The van der Waals surface area contributed by atoms with Crippen molar-refractivity contribution in [2.75, 3.05) is 0 Å². The van der Waals surface area contributed by atoms with E-state index in [0.29, 0.717) is 17.2 Å². The molecule has 0 saturated carbocycles. The van der Waals surface area contributed by atoms with Crippen molar-refractivity contribution in [1.29, 1.82) is 0 Å². The number of rotatable bonds is 5. The normalized spacial score (nSPS) is 12.2. The molecule has 0 aliphatic carbocycles. The van der Waals surface area contributed by atoms with Gasteiger partial charge in [0.25, 0.3) is 0 Å². The minimum atomic E-state index is -0.106. The van der Waals surface area contributed by atoms with E-state index in [2.05, 4.69) is 10.5 Å². The lowest BCUT2D eigenvalue weighted by Crippen LogP contribution is -2.28. The second kappa shape index (κ2) is 6.88. The lowest BCUT2D eigenvalue weighted by atomic mass is 10.1. The summed E-state index contributed by atoms with van der Waals surface area (Å²) in [7, 11) is 0. The first-order chi connectivity index (χ1) is 12.7. The molecule has 4 rings (SSSR count). The molecule has 0 spiro atoms. The predicted octanol–water partition coefficient (Wildman–Crippen LogP) is 4.51. The van der Waals surface area contributed by atoms with Crippen LogP contribution in [0.4, 0.5) is 0 Å². The summed E-state index contributed by atoms with van der Waals surface area (Å²) < 4.78 is 11.1. The van der Waals surface area contributed by atoms with Crippen molar-refractivity contribution < 1.29 is 13.7 Å². The number of hydrogen-bond donors (Lipinski definition) is 1. The highest BCUT2D eigenvalue weighted by atomic mass is 16.5. The van der Waals surface area contributed by atoms with Gasteiger partial charge in [0, 0.05) is 11.5 Å². The highest BCUT2D eigenvalue weighted by Crippen LogP contribution is 2.28. The number of amides is 1. The number of benzene rings is 2. The fourth-order valence-corrected chi connectivity index (χ4v) is 2.90. The van der Waals surface area contributed by atoms with Crippen molar-refractivity contribution in [3.05, 3.63) is 78.0 Å². The van der Waals surface area contributed by atoms with Gasteiger partial charge in [-0.05, 0) is 24.6 Å². The van der Waals surface area contributed by atoms with Gasteiger partial charge in [0.1, 0.15) is 5.58 Å². The van der Waals surface area contributed by atoms with Crippen molar-refractivity contribution in [3.63, 3.8) is 0 Å². The lowest BCUT2D eigenvalue weighted by molar-refractivity contribution is -0.121. The molecule has 0 aliphatic heterocycles. The minimum Gasteiger partial charge on any atom is -0.453 e. The second-order valence-corrected chi connectivity index (χ2v) is 6.21. The van der Waals surface area contributed by atoms with E-state index in [4.69, 9.17) is 8.94 Å². The van der Waals surface area contributed by atoms with E-state index in [9.17, 15) is 4.79 Å².